The Balaban J connectivity index is 1.71. The number of ether oxygens (including phenoxy) is 1. The Morgan fingerprint density at radius 3 is 3.00 bits per heavy atom. The average Bonchev–Trinajstić information content (AvgIpc) is 2.97. The van der Waals surface area contributed by atoms with Crippen LogP contribution in [0.3, 0.4) is 0 Å². The number of aromatic nitrogens is 3. The summed E-state index contributed by atoms with van der Waals surface area (Å²) in [6.45, 7) is 2.60. The van der Waals surface area contributed by atoms with Gasteiger partial charge in [-0.1, -0.05) is 19.1 Å². The lowest BCUT2D eigenvalue weighted by atomic mass is 10.2. The maximum atomic E-state index is 13.7. The van der Waals surface area contributed by atoms with E-state index in [0.29, 0.717) is 12.4 Å². The number of hydrogen-bond acceptors (Lipinski definition) is 4. The number of fused-ring (bicyclic) bond motifs is 1. The van der Waals surface area contributed by atoms with Crippen LogP contribution >= 0.6 is 0 Å². The lowest BCUT2D eigenvalue weighted by Gasteiger charge is -2.19. The first kappa shape index (κ1) is 15.5. The SMILES string of the molecule is CCC(Oc1ccccc1F)C(=O)Nc1nnc2n1CCCC2. The van der Waals surface area contributed by atoms with Gasteiger partial charge in [-0.15, -0.1) is 10.2 Å². The van der Waals surface area contributed by atoms with Gasteiger partial charge in [0.25, 0.3) is 5.91 Å². The highest BCUT2D eigenvalue weighted by Crippen LogP contribution is 2.20. The van der Waals surface area contributed by atoms with Gasteiger partial charge in [-0.05, 0) is 31.4 Å². The van der Waals surface area contributed by atoms with Crippen LogP contribution in [0.1, 0.15) is 32.0 Å². The predicted octanol–water partition coefficient (Wildman–Crippen LogP) is 2.55. The lowest BCUT2D eigenvalue weighted by Crippen LogP contribution is -2.33. The van der Waals surface area contributed by atoms with Crippen LogP contribution in [0.2, 0.25) is 0 Å². The Labute approximate surface area is 133 Å². The van der Waals surface area contributed by atoms with E-state index in [2.05, 4.69) is 15.5 Å². The summed E-state index contributed by atoms with van der Waals surface area (Å²) in [5, 5.41) is 10.9. The van der Waals surface area contributed by atoms with E-state index in [1.54, 1.807) is 12.1 Å². The molecule has 6 nitrogen and oxygen atoms in total. The molecule has 1 aliphatic rings. The van der Waals surface area contributed by atoms with E-state index in [1.165, 1.54) is 12.1 Å². The Morgan fingerprint density at radius 2 is 2.22 bits per heavy atom. The molecule has 1 aromatic carbocycles. The maximum Gasteiger partial charge on any atom is 0.267 e. The van der Waals surface area contributed by atoms with Crippen LogP contribution in [-0.4, -0.2) is 26.8 Å². The number of carbonyl (C=O) groups excluding carboxylic acids is 1. The normalized spacial score (nSPS) is 14.9. The maximum absolute atomic E-state index is 13.7. The van der Waals surface area contributed by atoms with E-state index in [9.17, 15) is 9.18 Å². The molecule has 7 heteroatoms. The predicted molar refractivity (Wildman–Crippen MR) is 82.7 cm³/mol. The fourth-order valence-electron chi connectivity index (χ4n) is 2.61. The third-order valence-electron chi connectivity index (χ3n) is 3.86. The number of nitrogens with zero attached hydrogens (tertiary/aromatic N) is 3. The van der Waals surface area contributed by atoms with Gasteiger partial charge in [-0.25, -0.2) is 4.39 Å². The highest BCUT2D eigenvalue weighted by Gasteiger charge is 2.23. The van der Waals surface area contributed by atoms with Crippen molar-refractivity contribution in [1.29, 1.82) is 0 Å². The molecule has 2 aromatic rings. The molecule has 2 heterocycles. The van der Waals surface area contributed by atoms with Gasteiger partial charge in [0.15, 0.2) is 17.7 Å². The molecule has 0 saturated heterocycles. The molecule has 0 fully saturated rings. The molecule has 1 amide bonds. The highest BCUT2D eigenvalue weighted by atomic mass is 19.1. The molecule has 0 spiro atoms. The molecular formula is C16H19FN4O2. The van der Waals surface area contributed by atoms with Crippen molar-refractivity contribution < 1.29 is 13.9 Å². The molecular weight excluding hydrogens is 299 g/mol. The first-order valence-corrected chi connectivity index (χ1v) is 7.83. The van der Waals surface area contributed by atoms with Crippen molar-refractivity contribution >= 4 is 11.9 Å². The fourth-order valence-corrected chi connectivity index (χ4v) is 2.61. The van der Waals surface area contributed by atoms with Gasteiger partial charge in [0.2, 0.25) is 5.95 Å². The summed E-state index contributed by atoms with van der Waals surface area (Å²) in [4.78, 5) is 12.4. The number of amides is 1. The Hall–Kier alpha value is -2.44. The molecule has 122 valence electrons. The minimum atomic E-state index is -0.788. The van der Waals surface area contributed by atoms with E-state index in [0.717, 1.165) is 31.6 Å². The molecule has 1 aliphatic heterocycles. The number of benzene rings is 1. The summed E-state index contributed by atoms with van der Waals surface area (Å²) in [7, 11) is 0. The van der Waals surface area contributed by atoms with Gasteiger partial charge in [-0.2, -0.15) is 0 Å². The molecule has 1 unspecified atom stereocenters. The van der Waals surface area contributed by atoms with Gasteiger partial charge in [0.1, 0.15) is 5.82 Å². The van der Waals surface area contributed by atoms with Gasteiger partial charge >= 0.3 is 0 Å². The number of nitrogens with one attached hydrogen (secondary N) is 1. The first-order chi connectivity index (χ1) is 11.2. The molecule has 0 saturated carbocycles. The number of halogens is 1. The van der Waals surface area contributed by atoms with Crippen LogP contribution in [0.15, 0.2) is 24.3 Å². The number of anilines is 1. The summed E-state index contributed by atoms with van der Waals surface area (Å²) in [5.74, 6) is 0.544. The Kier molecular flexibility index (Phi) is 4.55. The molecule has 0 radical (unpaired) electrons. The zero-order chi connectivity index (χ0) is 16.2. The smallest absolute Gasteiger partial charge is 0.267 e. The van der Waals surface area contributed by atoms with Crippen LogP contribution in [0.25, 0.3) is 0 Å². The van der Waals surface area contributed by atoms with Gasteiger partial charge in [-0.3, -0.25) is 14.7 Å². The van der Waals surface area contributed by atoms with Crippen molar-refractivity contribution in [3.05, 3.63) is 35.9 Å². The van der Waals surface area contributed by atoms with E-state index in [1.807, 2.05) is 11.5 Å². The van der Waals surface area contributed by atoms with Crippen LogP contribution < -0.4 is 10.1 Å². The monoisotopic (exact) mass is 318 g/mol. The first-order valence-electron chi connectivity index (χ1n) is 7.83. The third-order valence-corrected chi connectivity index (χ3v) is 3.86. The van der Waals surface area contributed by atoms with Crippen LogP contribution in [0.5, 0.6) is 5.75 Å². The van der Waals surface area contributed by atoms with Crippen LogP contribution in [0.4, 0.5) is 10.3 Å². The zero-order valence-corrected chi connectivity index (χ0v) is 13.0. The molecule has 1 N–H and O–H groups in total. The van der Waals surface area contributed by atoms with Crippen LogP contribution in [0, 0.1) is 5.82 Å². The molecule has 1 atom stereocenters. The number of rotatable bonds is 5. The van der Waals surface area contributed by atoms with E-state index in [-0.39, 0.29) is 11.7 Å². The number of aryl methyl sites for hydroxylation is 1. The summed E-state index contributed by atoms with van der Waals surface area (Å²) < 4.78 is 21.1. The van der Waals surface area contributed by atoms with Crippen molar-refractivity contribution in [2.45, 2.75) is 45.3 Å². The Morgan fingerprint density at radius 1 is 1.39 bits per heavy atom. The topological polar surface area (TPSA) is 69.0 Å². The second-order valence-electron chi connectivity index (χ2n) is 5.48. The summed E-state index contributed by atoms with van der Waals surface area (Å²) in [5.41, 5.74) is 0. The quantitative estimate of drug-likeness (QED) is 0.920. The summed E-state index contributed by atoms with van der Waals surface area (Å²) in [6.07, 6.45) is 2.62. The van der Waals surface area contributed by atoms with Gasteiger partial charge < -0.3 is 4.74 Å². The second-order valence-corrected chi connectivity index (χ2v) is 5.48. The lowest BCUT2D eigenvalue weighted by molar-refractivity contribution is -0.123. The number of para-hydroxylation sites is 1. The fraction of sp³-hybridized carbons (Fsp3) is 0.438. The summed E-state index contributed by atoms with van der Waals surface area (Å²) in [6, 6.07) is 6.04. The third kappa shape index (κ3) is 3.33. The van der Waals surface area contributed by atoms with Crippen molar-refractivity contribution in [1.82, 2.24) is 14.8 Å². The average molecular weight is 318 g/mol. The largest absolute Gasteiger partial charge is 0.478 e. The molecule has 0 bridgehead atoms. The minimum absolute atomic E-state index is 0.0674. The number of carbonyl (C=O) groups is 1. The van der Waals surface area contributed by atoms with Crippen molar-refractivity contribution in [3.8, 4) is 5.75 Å². The summed E-state index contributed by atoms with van der Waals surface area (Å²) >= 11 is 0. The standard InChI is InChI=1S/C16H19FN4O2/c1-2-12(23-13-8-4-3-7-11(13)17)15(22)18-16-20-19-14-9-5-6-10-21(14)16/h3-4,7-8,12H,2,5-6,9-10H2,1H3,(H,18,20,22). The Bertz CT molecular complexity index is 701. The number of hydrogen-bond donors (Lipinski definition) is 1. The molecule has 3 rings (SSSR count). The van der Waals surface area contributed by atoms with E-state index in [4.69, 9.17) is 4.74 Å². The van der Waals surface area contributed by atoms with Crippen LogP contribution in [-0.2, 0) is 17.8 Å². The molecule has 1 aromatic heterocycles. The van der Waals surface area contributed by atoms with E-state index >= 15 is 0 Å². The van der Waals surface area contributed by atoms with Gasteiger partial charge in [0.05, 0.1) is 0 Å². The van der Waals surface area contributed by atoms with Gasteiger partial charge in [0, 0.05) is 13.0 Å². The van der Waals surface area contributed by atoms with Crippen molar-refractivity contribution in [2.24, 2.45) is 0 Å². The van der Waals surface area contributed by atoms with Crippen molar-refractivity contribution in [2.75, 3.05) is 5.32 Å². The van der Waals surface area contributed by atoms with E-state index < -0.39 is 11.9 Å². The highest BCUT2D eigenvalue weighted by molar-refractivity contribution is 5.92. The molecule has 23 heavy (non-hydrogen) atoms. The second kappa shape index (κ2) is 6.76. The minimum Gasteiger partial charge on any atom is -0.478 e. The zero-order valence-electron chi connectivity index (χ0n) is 13.0. The van der Waals surface area contributed by atoms with Crippen molar-refractivity contribution in [3.63, 3.8) is 0 Å². The molecule has 0 aliphatic carbocycles.